The number of oxime groups is 1. The molecule has 2 aromatic rings. The highest BCUT2D eigenvalue weighted by atomic mass is 19.1. The van der Waals surface area contributed by atoms with Crippen LogP contribution < -0.4 is 24.4 Å². The van der Waals surface area contributed by atoms with Crippen LogP contribution in [0.3, 0.4) is 0 Å². The minimum absolute atomic E-state index is 0.0807. The number of methoxy groups -OCH3 is 2. The number of nitrogens with zero attached hydrogens (tertiary/aromatic N) is 2. The second-order valence-electron chi connectivity index (χ2n) is 6.76. The molecule has 0 saturated carbocycles. The standard InChI is InChI=1S/C21H20FN3O6/c1-27-17-8-13(18(28-2)20-19(17)29-11-30-20)7-15-9-16(25-31-15)21(26)24-23-10-12-3-5-14(22)6-4-12/h3-6,8,10,15H,7,9,11H2,1-2H3,(H,24,26)/b23-10+. The molecule has 10 heteroatoms. The van der Waals surface area contributed by atoms with Gasteiger partial charge in [0.25, 0.3) is 5.91 Å². The summed E-state index contributed by atoms with van der Waals surface area (Å²) in [5.41, 5.74) is 4.03. The average molecular weight is 429 g/mol. The van der Waals surface area contributed by atoms with Crippen molar-refractivity contribution in [3.8, 4) is 23.0 Å². The van der Waals surface area contributed by atoms with E-state index in [-0.39, 0.29) is 30.8 Å². The number of hydrogen-bond acceptors (Lipinski definition) is 8. The van der Waals surface area contributed by atoms with Gasteiger partial charge in [-0.05, 0) is 23.8 Å². The Bertz CT molecular complexity index is 1040. The predicted molar refractivity (Wildman–Crippen MR) is 108 cm³/mol. The molecule has 0 radical (unpaired) electrons. The van der Waals surface area contributed by atoms with Crippen LogP contribution in [0.25, 0.3) is 0 Å². The van der Waals surface area contributed by atoms with Crippen molar-refractivity contribution in [2.45, 2.75) is 18.9 Å². The largest absolute Gasteiger partial charge is 0.493 e. The van der Waals surface area contributed by atoms with E-state index in [1.807, 2.05) is 0 Å². The Morgan fingerprint density at radius 3 is 2.77 bits per heavy atom. The van der Waals surface area contributed by atoms with E-state index in [4.69, 9.17) is 23.8 Å². The Morgan fingerprint density at radius 2 is 2.03 bits per heavy atom. The van der Waals surface area contributed by atoms with Crippen LogP contribution in [-0.2, 0) is 16.1 Å². The van der Waals surface area contributed by atoms with E-state index in [0.717, 1.165) is 5.56 Å². The van der Waals surface area contributed by atoms with Gasteiger partial charge in [-0.25, -0.2) is 9.82 Å². The minimum Gasteiger partial charge on any atom is -0.493 e. The van der Waals surface area contributed by atoms with Crippen molar-refractivity contribution < 1.29 is 33.0 Å². The predicted octanol–water partition coefficient (Wildman–Crippen LogP) is 2.41. The molecule has 0 aliphatic carbocycles. The zero-order valence-corrected chi connectivity index (χ0v) is 16.9. The van der Waals surface area contributed by atoms with Crippen LogP contribution in [0.2, 0.25) is 0 Å². The van der Waals surface area contributed by atoms with E-state index in [0.29, 0.717) is 35.0 Å². The van der Waals surface area contributed by atoms with Crippen molar-refractivity contribution in [2.24, 2.45) is 10.3 Å². The van der Waals surface area contributed by atoms with Gasteiger partial charge in [0, 0.05) is 18.4 Å². The van der Waals surface area contributed by atoms with E-state index in [1.54, 1.807) is 18.2 Å². The fraction of sp³-hybridized carbons (Fsp3) is 0.286. The summed E-state index contributed by atoms with van der Waals surface area (Å²) in [5, 5.41) is 7.74. The Balaban J connectivity index is 1.38. The molecule has 31 heavy (non-hydrogen) atoms. The molecular weight excluding hydrogens is 409 g/mol. The molecule has 0 bridgehead atoms. The summed E-state index contributed by atoms with van der Waals surface area (Å²) in [7, 11) is 3.08. The third kappa shape index (κ3) is 4.37. The van der Waals surface area contributed by atoms with Crippen LogP contribution in [0.5, 0.6) is 23.0 Å². The maximum Gasteiger partial charge on any atom is 0.289 e. The van der Waals surface area contributed by atoms with Crippen LogP contribution in [0, 0.1) is 5.82 Å². The Hall–Kier alpha value is -3.82. The van der Waals surface area contributed by atoms with Crippen LogP contribution in [0.1, 0.15) is 17.5 Å². The quantitative estimate of drug-likeness (QED) is 0.536. The van der Waals surface area contributed by atoms with E-state index >= 15 is 0 Å². The van der Waals surface area contributed by atoms with Crippen molar-refractivity contribution in [1.82, 2.24) is 5.43 Å². The molecule has 9 nitrogen and oxygen atoms in total. The van der Waals surface area contributed by atoms with Gasteiger partial charge < -0.3 is 23.8 Å². The number of carbonyl (C=O) groups excluding carboxylic acids is 1. The molecule has 1 amide bonds. The number of hydrazone groups is 1. The molecule has 2 aliphatic rings. The zero-order valence-electron chi connectivity index (χ0n) is 16.9. The number of amides is 1. The van der Waals surface area contributed by atoms with Crippen LogP contribution in [0.15, 0.2) is 40.6 Å². The molecule has 2 aromatic carbocycles. The van der Waals surface area contributed by atoms with Crippen molar-refractivity contribution in [3.63, 3.8) is 0 Å². The SMILES string of the molecule is COc1cc(CC2CC(C(=O)N/N=C/c3ccc(F)cc3)=NO2)c(OC)c2c1OCO2. The molecule has 2 aliphatic heterocycles. The molecule has 1 N–H and O–H groups in total. The van der Waals surface area contributed by atoms with Gasteiger partial charge in [-0.2, -0.15) is 5.10 Å². The summed E-state index contributed by atoms with van der Waals surface area (Å²) in [6, 6.07) is 7.50. The molecule has 0 spiro atoms. The summed E-state index contributed by atoms with van der Waals surface area (Å²) in [4.78, 5) is 17.7. The number of ether oxygens (including phenoxy) is 4. The monoisotopic (exact) mass is 429 g/mol. The second-order valence-corrected chi connectivity index (χ2v) is 6.76. The topological polar surface area (TPSA) is 100.0 Å². The smallest absolute Gasteiger partial charge is 0.289 e. The molecule has 1 atom stereocenters. The number of halogens is 1. The molecule has 1 unspecified atom stereocenters. The van der Waals surface area contributed by atoms with Gasteiger partial charge in [-0.1, -0.05) is 17.3 Å². The summed E-state index contributed by atoms with van der Waals surface area (Å²) in [6.45, 7) is 0.0807. The lowest BCUT2D eigenvalue weighted by atomic mass is 10.0. The van der Waals surface area contributed by atoms with Gasteiger partial charge in [0.05, 0.1) is 20.4 Å². The van der Waals surface area contributed by atoms with Crippen LogP contribution in [-0.4, -0.2) is 44.9 Å². The Labute approximate surface area is 177 Å². The number of nitrogens with one attached hydrogen (secondary N) is 1. The van der Waals surface area contributed by atoms with E-state index < -0.39 is 5.91 Å². The number of carbonyl (C=O) groups is 1. The number of rotatable bonds is 7. The lowest BCUT2D eigenvalue weighted by Gasteiger charge is -2.15. The summed E-state index contributed by atoms with van der Waals surface area (Å²) >= 11 is 0. The lowest BCUT2D eigenvalue weighted by Crippen LogP contribution is -2.27. The summed E-state index contributed by atoms with van der Waals surface area (Å²) < 4.78 is 34.8. The average Bonchev–Trinajstić information content (AvgIpc) is 3.44. The number of fused-ring (bicyclic) bond motifs is 1. The lowest BCUT2D eigenvalue weighted by molar-refractivity contribution is -0.114. The van der Waals surface area contributed by atoms with Crippen molar-refractivity contribution in [3.05, 3.63) is 47.3 Å². The first-order valence-electron chi connectivity index (χ1n) is 9.44. The fourth-order valence-corrected chi connectivity index (χ4v) is 3.29. The molecule has 0 saturated heterocycles. The Morgan fingerprint density at radius 1 is 1.26 bits per heavy atom. The first-order chi connectivity index (χ1) is 15.1. The first-order valence-corrected chi connectivity index (χ1v) is 9.44. The third-order valence-electron chi connectivity index (χ3n) is 4.76. The van der Waals surface area contributed by atoms with Crippen molar-refractivity contribution in [1.29, 1.82) is 0 Å². The highest BCUT2D eigenvalue weighted by Crippen LogP contribution is 2.49. The van der Waals surface area contributed by atoms with E-state index in [1.165, 1.54) is 32.6 Å². The molecule has 162 valence electrons. The Kier molecular flexibility index (Phi) is 5.87. The van der Waals surface area contributed by atoms with Gasteiger partial charge >= 0.3 is 0 Å². The van der Waals surface area contributed by atoms with Crippen molar-refractivity contribution in [2.75, 3.05) is 21.0 Å². The molecule has 0 fully saturated rings. The fourth-order valence-electron chi connectivity index (χ4n) is 3.29. The van der Waals surface area contributed by atoms with Gasteiger partial charge in [-0.3, -0.25) is 4.79 Å². The maximum absolute atomic E-state index is 12.9. The maximum atomic E-state index is 12.9. The van der Waals surface area contributed by atoms with Crippen LogP contribution in [0.4, 0.5) is 4.39 Å². The van der Waals surface area contributed by atoms with E-state index in [2.05, 4.69) is 15.7 Å². The van der Waals surface area contributed by atoms with Crippen molar-refractivity contribution >= 4 is 17.8 Å². The molecule has 2 heterocycles. The second kappa shape index (κ2) is 8.90. The molecular formula is C21H20FN3O6. The first kappa shape index (κ1) is 20.5. The van der Waals surface area contributed by atoms with Gasteiger partial charge in [0.15, 0.2) is 11.5 Å². The highest BCUT2D eigenvalue weighted by molar-refractivity contribution is 6.39. The zero-order chi connectivity index (χ0) is 21.8. The van der Waals surface area contributed by atoms with Gasteiger partial charge in [0.2, 0.25) is 18.3 Å². The molecule has 4 rings (SSSR count). The minimum atomic E-state index is -0.476. The summed E-state index contributed by atoms with van der Waals surface area (Å²) in [5.74, 6) is 1.20. The third-order valence-corrected chi connectivity index (χ3v) is 4.76. The van der Waals surface area contributed by atoms with Crippen LogP contribution >= 0.6 is 0 Å². The summed E-state index contributed by atoms with van der Waals surface area (Å²) in [6.07, 6.45) is 1.74. The van der Waals surface area contributed by atoms with Gasteiger partial charge in [-0.15, -0.1) is 0 Å². The molecule has 0 aromatic heterocycles. The van der Waals surface area contributed by atoms with E-state index in [9.17, 15) is 9.18 Å². The normalized spacial score (nSPS) is 16.7. The highest BCUT2D eigenvalue weighted by Gasteiger charge is 2.31. The number of benzene rings is 2. The van der Waals surface area contributed by atoms with Gasteiger partial charge in [0.1, 0.15) is 17.6 Å². The number of hydrogen-bond donors (Lipinski definition) is 1.